The van der Waals surface area contributed by atoms with Gasteiger partial charge in [-0.15, -0.1) is 0 Å². The van der Waals surface area contributed by atoms with Crippen LogP contribution < -0.4 is 0 Å². The van der Waals surface area contributed by atoms with Gasteiger partial charge in [0, 0.05) is 0 Å². The summed E-state index contributed by atoms with van der Waals surface area (Å²) in [6.45, 7) is 6.18. The van der Waals surface area contributed by atoms with Gasteiger partial charge in [0.05, 0.1) is 19.1 Å². The first kappa shape index (κ1) is 12.4. The molecule has 1 N–H and O–H groups in total. The van der Waals surface area contributed by atoms with Crippen molar-refractivity contribution in [3.8, 4) is 0 Å². The fourth-order valence-electron chi connectivity index (χ4n) is 1.39. The van der Waals surface area contributed by atoms with Crippen LogP contribution in [0.25, 0.3) is 0 Å². The minimum Gasteiger partial charge on any atom is -0.466 e. The van der Waals surface area contributed by atoms with Gasteiger partial charge in [0.2, 0.25) is 0 Å². The Bertz CT molecular complexity index is 141. The normalized spacial score (nSPS) is 13.0. The highest BCUT2D eigenvalue weighted by Gasteiger charge is 2.19. The summed E-state index contributed by atoms with van der Waals surface area (Å²) in [5.41, 5.74) is 0. The first-order chi connectivity index (χ1) is 6.15. The lowest BCUT2D eigenvalue weighted by atomic mass is 9.94. The van der Waals surface area contributed by atoms with Gasteiger partial charge in [-0.05, 0) is 12.8 Å². The van der Waals surface area contributed by atoms with Crippen LogP contribution in [0.4, 0.5) is 0 Å². The Morgan fingerprint density at radius 1 is 1.31 bits per heavy atom. The van der Waals surface area contributed by atoms with Crippen LogP contribution in [0.3, 0.4) is 0 Å². The fourth-order valence-corrected chi connectivity index (χ4v) is 1.39. The van der Waals surface area contributed by atoms with E-state index >= 15 is 0 Å². The average molecular weight is 188 g/mol. The minimum atomic E-state index is -0.547. The molecule has 0 radical (unpaired) electrons. The van der Waals surface area contributed by atoms with Crippen molar-refractivity contribution in [1.29, 1.82) is 0 Å². The zero-order valence-corrected chi connectivity index (χ0v) is 8.75. The molecule has 0 aromatic carbocycles. The maximum absolute atomic E-state index is 11.0. The summed E-state index contributed by atoms with van der Waals surface area (Å²) >= 11 is 0. The Morgan fingerprint density at radius 2 is 1.85 bits per heavy atom. The molecule has 0 fully saturated rings. The molecule has 0 aliphatic rings. The van der Waals surface area contributed by atoms with E-state index in [0.29, 0.717) is 6.61 Å². The van der Waals surface area contributed by atoms with Crippen molar-refractivity contribution in [2.75, 3.05) is 6.61 Å². The second-order valence-electron chi connectivity index (χ2n) is 3.15. The summed E-state index contributed by atoms with van der Waals surface area (Å²) in [6.07, 6.45) is 1.38. The number of aliphatic hydroxyl groups excluding tert-OH is 1. The van der Waals surface area contributed by atoms with Crippen molar-refractivity contribution >= 4 is 5.97 Å². The molecular weight excluding hydrogens is 168 g/mol. The van der Waals surface area contributed by atoms with E-state index in [1.54, 1.807) is 6.92 Å². The first-order valence-electron chi connectivity index (χ1n) is 4.99. The van der Waals surface area contributed by atoms with E-state index in [4.69, 9.17) is 4.74 Å². The van der Waals surface area contributed by atoms with E-state index in [1.807, 2.05) is 13.8 Å². The van der Waals surface area contributed by atoms with Gasteiger partial charge in [-0.1, -0.05) is 26.7 Å². The smallest absolute Gasteiger partial charge is 0.308 e. The molecule has 1 atom stereocenters. The maximum Gasteiger partial charge on any atom is 0.308 e. The van der Waals surface area contributed by atoms with Gasteiger partial charge in [0.15, 0.2) is 0 Å². The van der Waals surface area contributed by atoms with Gasteiger partial charge < -0.3 is 9.84 Å². The van der Waals surface area contributed by atoms with E-state index in [0.717, 1.165) is 12.8 Å². The zero-order valence-electron chi connectivity index (χ0n) is 8.75. The molecule has 1 unspecified atom stereocenters. The fraction of sp³-hybridized carbons (Fsp3) is 0.900. The quantitative estimate of drug-likeness (QED) is 0.646. The van der Waals surface area contributed by atoms with E-state index in [2.05, 4.69) is 0 Å². The molecule has 0 amide bonds. The van der Waals surface area contributed by atoms with Crippen LogP contribution in [0.15, 0.2) is 0 Å². The van der Waals surface area contributed by atoms with Crippen LogP contribution in [0.5, 0.6) is 0 Å². The molecule has 3 heteroatoms. The number of ether oxygens (including phenoxy) is 1. The Kier molecular flexibility index (Phi) is 6.59. The Hall–Kier alpha value is -0.570. The molecule has 0 saturated heterocycles. The number of hydrogen-bond acceptors (Lipinski definition) is 3. The summed E-state index contributed by atoms with van der Waals surface area (Å²) in [4.78, 5) is 11.0. The predicted octanol–water partition coefficient (Wildman–Crippen LogP) is 1.74. The molecule has 3 nitrogen and oxygen atoms in total. The molecular formula is C10H20O3. The second-order valence-corrected chi connectivity index (χ2v) is 3.15. The van der Waals surface area contributed by atoms with Crippen LogP contribution >= 0.6 is 0 Å². The van der Waals surface area contributed by atoms with Crippen molar-refractivity contribution in [1.82, 2.24) is 0 Å². The molecule has 78 valence electrons. The van der Waals surface area contributed by atoms with Gasteiger partial charge in [0.25, 0.3) is 0 Å². The molecule has 0 bridgehead atoms. The topological polar surface area (TPSA) is 46.5 Å². The minimum absolute atomic E-state index is 0.125. The highest BCUT2D eigenvalue weighted by Crippen LogP contribution is 2.15. The number of carbonyl (C=O) groups is 1. The molecule has 0 aromatic rings. The Morgan fingerprint density at radius 3 is 2.23 bits per heavy atom. The molecule has 0 saturated carbocycles. The lowest BCUT2D eigenvalue weighted by Crippen LogP contribution is -2.23. The van der Waals surface area contributed by atoms with Gasteiger partial charge in [-0.2, -0.15) is 0 Å². The summed E-state index contributed by atoms with van der Waals surface area (Å²) in [5.74, 6) is -0.0914. The van der Waals surface area contributed by atoms with Crippen LogP contribution in [0, 0.1) is 5.92 Å². The number of aliphatic hydroxyl groups is 1. The molecule has 0 rings (SSSR count). The van der Waals surface area contributed by atoms with Crippen molar-refractivity contribution < 1.29 is 14.6 Å². The third-order valence-electron chi connectivity index (χ3n) is 2.27. The number of hydrogen-bond donors (Lipinski definition) is 1. The van der Waals surface area contributed by atoms with Crippen molar-refractivity contribution in [2.45, 2.75) is 46.1 Å². The summed E-state index contributed by atoms with van der Waals surface area (Å²) in [5, 5.41) is 9.61. The molecule has 0 heterocycles. The SMILES string of the molecule is CCOC(=O)CC(O)C(CC)CC. The van der Waals surface area contributed by atoms with Crippen molar-refractivity contribution in [3.63, 3.8) is 0 Å². The molecule has 0 aliphatic heterocycles. The van der Waals surface area contributed by atoms with Crippen LogP contribution in [-0.4, -0.2) is 23.8 Å². The van der Waals surface area contributed by atoms with Gasteiger partial charge in [-0.3, -0.25) is 4.79 Å². The molecule has 0 aromatic heterocycles. The molecule has 0 aliphatic carbocycles. The van der Waals surface area contributed by atoms with E-state index < -0.39 is 6.10 Å². The number of esters is 1. The van der Waals surface area contributed by atoms with Crippen LogP contribution in [0.2, 0.25) is 0 Å². The van der Waals surface area contributed by atoms with Crippen LogP contribution in [-0.2, 0) is 9.53 Å². The maximum atomic E-state index is 11.0. The standard InChI is InChI=1S/C10H20O3/c1-4-8(5-2)9(11)7-10(12)13-6-3/h8-9,11H,4-7H2,1-3H3. The third kappa shape index (κ3) is 4.88. The van der Waals surface area contributed by atoms with Crippen LogP contribution in [0.1, 0.15) is 40.0 Å². The third-order valence-corrected chi connectivity index (χ3v) is 2.27. The zero-order chi connectivity index (χ0) is 10.3. The lowest BCUT2D eigenvalue weighted by molar-refractivity contribution is -0.146. The van der Waals surface area contributed by atoms with Crippen molar-refractivity contribution in [2.24, 2.45) is 5.92 Å². The molecule has 13 heavy (non-hydrogen) atoms. The predicted molar refractivity (Wildman–Crippen MR) is 51.3 cm³/mol. The summed E-state index contributed by atoms with van der Waals surface area (Å²) < 4.78 is 4.75. The molecule has 0 spiro atoms. The first-order valence-corrected chi connectivity index (χ1v) is 4.99. The highest BCUT2D eigenvalue weighted by molar-refractivity contribution is 5.69. The van der Waals surface area contributed by atoms with E-state index in [1.165, 1.54) is 0 Å². The monoisotopic (exact) mass is 188 g/mol. The van der Waals surface area contributed by atoms with Gasteiger partial charge >= 0.3 is 5.97 Å². The number of rotatable bonds is 6. The average Bonchev–Trinajstić information content (AvgIpc) is 2.06. The largest absolute Gasteiger partial charge is 0.466 e. The second kappa shape index (κ2) is 6.89. The van der Waals surface area contributed by atoms with E-state index in [-0.39, 0.29) is 18.3 Å². The van der Waals surface area contributed by atoms with E-state index in [9.17, 15) is 9.90 Å². The summed E-state index contributed by atoms with van der Waals surface area (Å²) in [6, 6.07) is 0. The Labute approximate surface area is 80.1 Å². The van der Waals surface area contributed by atoms with Gasteiger partial charge in [-0.25, -0.2) is 0 Å². The highest BCUT2D eigenvalue weighted by atomic mass is 16.5. The summed E-state index contributed by atoms with van der Waals surface area (Å²) in [7, 11) is 0. The van der Waals surface area contributed by atoms with Gasteiger partial charge in [0.1, 0.15) is 0 Å². The van der Waals surface area contributed by atoms with Crippen molar-refractivity contribution in [3.05, 3.63) is 0 Å². The number of carbonyl (C=O) groups excluding carboxylic acids is 1. The lowest BCUT2D eigenvalue weighted by Gasteiger charge is -2.18. The Balaban J connectivity index is 3.82.